The van der Waals surface area contributed by atoms with Crippen LogP contribution in [0.15, 0.2) is 24.3 Å². The number of hydrogen-bond acceptors (Lipinski definition) is 4. The Hall–Kier alpha value is -2.34. The fourth-order valence-corrected chi connectivity index (χ4v) is 2.78. The molecule has 0 bridgehead atoms. The monoisotopic (exact) mass is 331 g/mol. The maximum absolute atomic E-state index is 12.6. The van der Waals surface area contributed by atoms with Crippen LogP contribution in [0.3, 0.4) is 0 Å². The Balaban J connectivity index is 2.56. The molecule has 0 radical (unpaired) electrons. The smallest absolute Gasteiger partial charge is 0.419 e. The molecule has 0 fully saturated rings. The van der Waals surface area contributed by atoms with Crippen molar-refractivity contribution in [3.8, 4) is 0 Å². The van der Waals surface area contributed by atoms with Gasteiger partial charge in [0.2, 0.25) is 5.91 Å². The van der Waals surface area contributed by atoms with Crippen molar-refractivity contribution in [3.63, 3.8) is 0 Å². The van der Waals surface area contributed by atoms with Gasteiger partial charge in [0.1, 0.15) is 5.60 Å². The fraction of sp³-hybridized carbons (Fsp3) is 0.444. The molecule has 6 heteroatoms. The predicted octanol–water partition coefficient (Wildman–Crippen LogP) is 2.35. The van der Waals surface area contributed by atoms with Crippen molar-refractivity contribution >= 4 is 22.9 Å². The van der Waals surface area contributed by atoms with E-state index in [0.717, 1.165) is 22.2 Å². The average Bonchev–Trinajstić information content (AvgIpc) is 2.74. The van der Waals surface area contributed by atoms with Crippen LogP contribution >= 0.6 is 0 Å². The molecular weight excluding hydrogens is 306 g/mol. The lowest BCUT2D eigenvalue weighted by Gasteiger charge is -2.20. The summed E-state index contributed by atoms with van der Waals surface area (Å²) >= 11 is 0. The molecule has 1 aromatic heterocycles. The van der Waals surface area contributed by atoms with Gasteiger partial charge in [0.05, 0.1) is 11.6 Å². The third-order valence-corrected chi connectivity index (χ3v) is 3.92. The molecule has 1 atom stereocenters. The van der Waals surface area contributed by atoms with Gasteiger partial charge in [0, 0.05) is 11.1 Å². The van der Waals surface area contributed by atoms with Crippen LogP contribution < -0.4 is 11.1 Å². The van der Waals surface area contributed by atoms with Crippen LogP contribution in [-0.4, -0.2) is 35.3 Å². The Morgan fingerprint density at radius 1 is 1.29 bits per heavy atom. The molecule has 0 aliphatic carbocycles. The predicted molar refractivity (Wildman–Crippen MR) is 94.1 cm³/mol. The third kappa shape index (κ3) is 3.59. The van der Waals surface area contributed by atoms with Crippen molar-refractivity contribution in [1.29, 1.82) is 0 Å². The Kier molecular flexibility index (Phi) is 4.99. The topological polar surface area (TPSA) is 86.3 Å². The first-order chi connectivity index (χ1) is 11.2. The van der Waals surface area contributed by atoms with Crippen molar-refractivity contribution in [3.05, 3.63) is 35.5 Å². The zero-order valence-corrected chi connectivity index (χ0v) is 14.8. The molecule has 2 rings (SSSR count). The number of nitrogens with one attached hydrogen (secondary N) is 1. The van der Waals surface area contributed by atoms with Gasteiger partial charge in [-0.25, -0.2) is 9.36 Å². The van der Waals surface area contributed by atoms with Crippen LogP contribution in [0, 0.1) is 6.92 Å². The second-order valence-corrected chi connectivity index (χ2v) is 6.84. The van der Waals surface area contributed by atoms with E-state index in [-0.39, 0.29) is 0 Å². The molecule has 0 unspecified atom stereocenters. The molecule has 1 aromatic carbocycles. The van der Waals surface area contributed by atoms with E-state index in [4.69, 9.17) is 10.5 Å². The highest BCUT2D eigenvalue weighted by Crippen LogP contribution is 2.28. The summed E-state index contributed by atoms with van der Waals surface area (Å²) in [7, 11) is 1.69. The number of rotatable bonds is 4. The minimum absolute atomic E-state index is 0.411. The van der Waals surface area contributed by atoms with E-state index < -0.39 is 23.6 Å². The van der Waals surface area contributed by atoms with Crippen LogP contribution in [0.25, 0.3) is 10.9 Å². The van der Waals surface area contributed by atoms with Gasteiger partial charge in [0.15, 0.2) is 0 Å². The average molecular weight is 331 g/mol. The molecule has 0 spiro atoms. The van der Waals surface area contributed by atoms with E-state index in [2.05, 4.69) is 5.32 Å². The number of ether oxygens (including phenoxy) is 1. The van der Waals surface area contributed by atoms with E-state index in [1.54, 1.807) is 11.6 Å². The molecular formula is C18H25N3O3. The van der Waals surface area contributed by atoms with E-state index in [0.29, 0.717) is 6.42 Å². The number of hydrogen-bond donors (Lipinski definition) is 2. The van der Waals surface area contributed by atoms with Crippen molar-refractivity contribution in [2.75, 3.05) is 7.05 Å². The number of aromatic nitrogens is 1. The van der Waals surface area contributed by atoms with Gasteiger partial charge in [-0.15, -0.1) is 0 Å². The molecule has 0 aliphatic rings. The van der Waals surface area contributed by atoms with Crippen LogP contribution in [-0.2, 0) is 16.0 Å². The molecule has 24 heavy (non-hydrogen) atoms. The van der Waals surface area contributed by atoms with Gasteiger partial charge in [-0.05, 0) is 52.8 Å². The van der Waals surface area contributed by atoms with E-state index >= 15 is 0 Å². The summed E-state index contributed by atoms with van der Waals surface area (Å²) in [4.78, 5) is 24.2. The lowest BCUT2D eigenvalue weighted by Crippen LogP contribution is -2.40. The van der Waals surface area contributed by atoms with Gasteiger partial charge >= 0.3 is 6.09 Å². The van der Waals surface area contributed by atoms with Crippen LogP contribution in [0.4, 0.5) is 4.79 Å². The lowest BCUT2D eigenvalue weighted by atomic mass is 10.0. The number of nitrogens with two attached hydrogens (primary N) is 1. The standard InChI is InChI=1S/C18H25N3O3/c1-11-13(10-14(20-5)16(19)22)12-8-6-7-9-15(12)21(11)17(23)24-18(2,3)4/h6-9,14,20H,10H2,1-5H3,(H2,19,22)/t14-/m0/s1. The highest BCUT2D eigenvalue weighted by atomic mass is 16.6. The van der Waals surface area contributed by atoms with Crippen molar-refractivity contribution < 1.29 is 14.3 Å². The summed E-state index contributed by atoms with van der Waals surface area (Å²) in [6.07, 6.45) is -0.0175. The molecule has 1 amide bonds. The fourth-order valence-electron chi connectivity index (χ4n) is 2.78. The Bertz CT molecular complexity index is 772. The Morgan fingerprint density at radius 3 is 2.46 bits per heavy atom. The van der Waals surface area contributed by atoms with E-state index in [1.165, 1.54) is 0 Å². The molecule has 3 N–H and O–H groups in total. The van der Waals surface area contributed by atoms with Crippen LogP contribution in [0.2, 0.25) is 0 Å². The lowest BCUT2D eigenvalue weighted by molar-refractivity contribution is -0.119. The molecule has 130 valence electrons. The van der Waals surface area contributed by atoms with Gasteiger partial charge in [0.25, 0.3) is 0 Å². The summed E-state index contributed by atoms with van der Waals surface area (Å²) in [5, 5.41) is 3.84. The normalized spacial score (nSPS) is 13.0. The van der Waals surface area contributed by atoms with Gasteiger partial charge in [-0.2, -0.15) is 0 Å². The maximum Gasteiger partial charge on any atom is 0.419 e. The largest absolute Gasteiger partial charge is 0.443 e. The summed E-state index contributed by atoms with van der Waals surface area (Å²) in [5.41, 5.74) is 7.28. The van der Waals surface area contributed by atoms with Gasteiger partial charge in [-0.1, -0.05) is 18.2 Å². The Labute approximate surface area is 142 Å². The van der Waals surface area contributed by atoms with Crippen molar-refractivity contribution in [1.82, 2.24) is 9.88 Å². The van der Waals surface area contributed by atoms with Gasteiger partial charge < -0.3 is 15.8 Å². The molecule has 6 nitrogen and oxygen atoms in total. The number of primary amides is 1. The number of likely N-dealkylation sites (N-methyl/N-ethyl adjacent to an activating group) is 1. The number of carbonyl (C=O) groups is 2. The van der Waals surface area contributed by atoms with Crippen molar-refractivity contribution in [2.24, 2.45) is 5.73 Å². The first-order valence-electron chi connectivity index (χ1n) is 7.94. The van der Waals surface area contributed by atoms with Gasteiger partial charge in [-0.3, -0.25) is 4.79 Å². The first kappa shape index (κ1) is 18.0. The summed E-state index contributed by atoms with van der Waals surface area (Å²) in [6, 6.07) is 7.08. The minimum Gasteiger partial charge on any atom is -0.443 e. The Morgan fingerprint density at radius 2 is 1.92 bits per heavy atom. The number of amides is 1. The molecule has 2 aromatic rings. The summed E-state index contributed by atoms with van der Waals surface area (Å²) in [6.45, 7) is 7.35. The molecule has 0 saturated heterocycles. The number of nitrogens with zero attached hydrogens (tertiary/aromatic N) is 1. The SMILES string of the molecule is CN[C@@H](Cc1c(C)n(C(=O)OC(C)(C)C)c2ccccc12)C(N)=O. The van der Waals surface area contributed by atoms with E-state index in [1.807, 2.05) is 52.0 Å². The highest BCUT2D eigenvalue weighted by Gasteiger charge is 2.25. The number of fused-ring (bicyclic) bond motifs is 1. The zero-order valence-electron chi connectivity index (χ0n) is 14.8. The van der Waals surface area contributed by atoms with E-state index in [9.17, 15) is 9.59 Å². The third-order valence-electron chi connectivity index (χ3n) is 3.92. The molecule has 0 saturated carbocycles. The maximum atomic E-state index is 12.6. The van der Waals surface area contributed by atoms with Crippen molar-refractivity contribution in [2.45, 2.75) is 45.8 Å². The van der Waals surface area contributed by atoms with Crippen LogP contribution in [0.1, 0.15) is 32.0 Å². The summed E-state index contributed by atoms with van der Waals surface area (Å²) in [5.74, 6) is -0.425. The minimum atomic E-state index is -0.588. The second kappa shape index (κ2) is 6.65. The number of para-hydroxylation sites is 1. The quantitative estimate of drug-likeness (QED) is 0.900. The number of benzene rings is 1. The first-order valence-corrected chi connectivity index (χ1v) is 7.94. The highest BCUT2D eigenvalue weighted by molar-refractivity contribution is 5.94. The second-order valence-electron chi connectivity index (χ2n) is 6.84. The number of carbonyl (C=O) groups excluding carboxylic acids is 2. The molecule has 0 aliphatic heterocycles. The molecule has 1 heterocycles. The summed E-state index contributed by atoms with van der Waals surface area (Å²) < 4.78 is 7.08. The zero-order chi connectivity index (χ0) is 18.1. The van der Waals surface area contributed by atoms with Crippen LogP contribution in [0.5, 0.6) is 0 Å².